The van der Waals surface area contributed by atoms with Crippen LogP contribution in [0.3, 0.4) is 0 Å². The predicted octanol–water partition coefficient (Wildman–Crippen LogP) is 2.55. The number of nitrogens with one attached hydrogen (secondary N) is 1. The number of benzene rings is 1. The summed E-state index contributed by atoms with van der Waals surface area (Å²) in [6.07, 6.45) is 3.86. The second kappa shape index (κ2) is 7.11. The van der Waals surface area contributed by atoms with Gasteiger partial charge in [-0.05, 0) is 42.2 Å². The van der Waals surface area contributed by atoms with E-state index in [0.29, 0.717) is 30.0 Å². The summed E-state index contributed by atoms with van der Waals surface area (Å²) in [7, 11) is 3.09. The fourth-order valence-electron chi connectivity index (χ4n) is 3.48. The highest BCUT2D eigenvalue weighted by molar-refractivity contribution is 5.96. The van der Waals surface area contributed by atoms with Gasteiger partial charge >= 0.3 is 5.97 Å². The molecule has 0 bridgehead atoms. The maximum absolute atomic E-state index is 13.0. The summed E-state index contributed by atoms with van der Waals surface area (Å²) < 4.78 is 10.7. The Bertz CT molecular complexity index is 842. The third-order valence-corrected chi connectivity index (χ3v) is 4.81. The van der Waals surface area contributed by atoms with E-state index in [4.69, 9.17) is 9.47 Å². The van der Waals surface area contributed by atoms with Crippen LogP contribution >= 0.6 is 0 Å². The average molecular weight is 358 g/mol. The molecule has 0 spiro atoms. The largest absolute Gasteiger partial charge is 0.493 e. The second-order valence-corrected chi connectivity index (χ2v) is 6.32. The molecule has 1 aromatic heterocycles. The summed E-state index contributed by atoms with van der Waals surface area (Å²) in [5.74, 6) is -0.00740. The zero-order valence-corrected chi connectivity index (χ0v) is 15.0. The zero-order valence-electron chi connectivity index (χ0n) is 15.0. The van der Waals surface area contributed by atoms with Gasteiger partial charge in [0.05, 0.1) is 32.2 Å². The van der Waals surface area contributed by atoms with Gasteiger partial charge < -0.3 is 24.5 Å². The summed E-state index contributed by atoms with van der Waals surface area (Å²) in [6.45, 7) is 2.30. The van der Waals surface area contributed by atoms with E-state index in [2.05, 4.69) is 4.98 Å². The van der Waals surface area contributed by atoms with Crippen molar-refractivity contribution in [2.45, 2.75) is 25.8 Å². The molecule has 1 aliphatic rings. The van der Waals surface area contributed by atoms with Crippen molar-refractivity contribution < 1.29 is 24.2 Å². The minimum absolute atomic E-state index is 0.169. The molecule has 7 nitrogen and oxygen atoms in total. The summed E-state index contributed by atoms with van der Waals surface area (Å²) in [4.78, 5) is 29.1. The van der Waals surface area contributed by atoms with E-state index in [1.807, 2.05) is 13.0 Å². The number of H-pyrrole nitrogens is 1. The normalized spacial score (nSPS) is 16.1. The molecule has 26 heavy (non-hydrogen) atoms. The van der Waals surface area contributed by atoms with Crippen molar-refractivity contribution in [1.29, 1.82) is 0 Å². The number of aromatic nitrogens is 1. The number of hydrogen-bond acceptors (Lipinski definition) is 4. The predicted molar refractivity (Wildman–Crippen MR) is 94.8 cm³/mol. The third-order valence-electron chi connectivity index (χ3n) is 4.81. The van der Waals surface area contributed by atoms with Crippen LogP contribution in [0.25, 0.3) is 0 Å². The molecule has 1 unspecified atom stereocenters. The number of aryl methyl sites for hydroxylation is 1. The number of fused-ring (bicyclic) bond motifs is 1. The molecule has 138 valence electrons. The van der Waals surface area contributed by atoms with Gasteiger partial charge in [-0.2, -0.15) is 0 Å². The number of carboxylic acids is 1. The monoisotopic (exact) mass is 358 g/mol. The molecular formula is C19H22N2O5. The van der Waals surface area contributed by atoms with Gasteiger partial charge in [0.25, 0.3) is 5.91 Å². The van der Waals surface area contributed by atoms with E-state index < -0.39 is 12.0 Å². The molecule has 2 N–H and O–H groups in total. The van der Waals surface area contributed by atoms with Crippen molar-refractivity contribution in [2.24, 2.45) is 0 Å². The zero-order chi connectivity index (χ0) is 18.8. The molecule has 3 rings (SSSR count). The number of aromatic amines is 1. The van der Waals surface area contributed by atoms with Crippen molar-refractivity contribution in [1.82, 2.24) is 9.88 Å². The molecule has 1 aromatic carbocycles. The molecule has 0 fully saturated rings. The average Bonchev–Trinajstić information content (AvgIpc) is 3.05. The topological polar surface area (TPSA) is 91.9 Å². The van der Waals surface area contributed by atoms with Crippen LogP contribution < -0.4 is 9.47 Å². The highest BCUT2D eigenvalue weighted by Crippen LogP contribution is 2.40. The fraction of sp³-hybridized carbons (Fsp3) is 0.368. The number of rotatable bonds is 5. The summed E-state index contributed by atoms with van der Waals surface area (Å²) in [6, 6.07) is 3.09. The minimum Gasteiger partial charge on any atom is -0.493 e. The number of aliphatic carboxylic acids is 1. The van der Waals surface area contributed by atoms with Crippen molar-refractivity contribution in [3.05, 3.63) is 46.8 Å². The van der Waals surface area contributed by atoms with Crippen LogP contribution in [0.2, 0.25) is 0 Å². The molecule has 0 saturated heterocycles. The lowest BCUT2D eigenvalue weighted by Crippen LogP contribution is -2.41. The number of carbonyl (C=O) groups excluding carboxylic acids is 1. The molecule has 2 heterocycles. The third kappa shape index (κ3) is 3.12. The number of methoxy groups -OCH3 is 2. The molecular weight excluding hydrogens is 336 g/mol. The van der Waals surface area contributed by atoms with E-state index in [-0.39, 0.29) is 12.3 Å². The van der Waals surface area contributed by atoms with Crippen LogP contribution in [0.1, 0.15) is 39.5 Å². The van der Waals surface area contributed by atoms with Crippen LogP contribution in [0, 0.1) is 6.92 Å². The first kappa shape index (κ1) is 17.8. The molecule has 7 heteroatoms. The number of carbonyl (C=O) groups is 2. The van der Waals surface area contributed by atoms with Gasteiger partial charge in [-0.25, -0.2) is 0 Å². The second-order valence-electron chi connectivity index (χ2n) is 6.32. The van der Waals surface area contributed by atoms with Gasteiger partial charge in [-0.1, -0.05) is 0 Å². The lowest BCUT2D eigenvalue weighted by molar-refractivity contribution is -0.138. The molecule has 1 amide bonds. The van der Waals surface area contributed by atoms with E-state index >= 15 is 0 Å². The van der Waals surface area contributed by atoms with Gasteiger partial charge in [-0.15, -0.1) is 0 Å². The Morgan fingerprint density at radius 1 is 1.23 bits per heavy atom. The van der Waals surface area contributed by atoms with Crippen molar-refractivity contribution in [3.63, 3.8) is 0 Å². The van der Waals surface area contributed by atoms with E-state index in [1.165, 1.54) is 7.11 Å². The van der Waals surface area contributed by atoms with Crippen molar-refractivity contribution >= 4 is 11.9 Å². The summed E-state index contributed by atoms with van der Waals surface area (Å²) >= 11 is 0. The van der Waals surface area contributed by atoms with Crippen LogP contribution in [0.15, 0.2) is 24.5 Å². The summed E-state index contributed by atoms with van der Waals surface area (Å²) in [5, 5.41) is 9.40. The van der Waals surface area contributed by atoms with Gasteiger partial charge in [0.15, 0.2) is 11.5 Å². The van der Waals surface area contributed by atoms with Crippen molar-refractivity contribution in [2.75, 3.05) is 20.8 Å². The maximum atomic E-state index is 13.0. The quantitative estimate of drug-likeness (QED) is 0.857. The Hall–Kier alpha value is -2.96. The number of nitrogens with zero attached hydrogens (tertiary/aromatic N) is 1. The number of carboxylic acid groups (broad SMARTS) is 1. The van der Waals surface area contributed by atoms with Gasteiger partial charge in [0.1, 0.15) is 0 Å². The first-order valence-electron chi connectivity index (χ1n) is 8.37. The molecule has 1 atom stereocenters. The van der Waals surface area contributed by atoms with Gasteiger partial charge in [0, 0.05) is 18.9 Å². The van der Waals surface area contributed by atoms with Crippen molar-refractivity contribution in [3.8, 4) is 11.5 Å². The lowest BCUT2D eigenvalue weighted by Gasteiger charge is -2.37. The van der Waals surface area contributed by atoms with E-state index in [0.717, 1.165) is 16.7 Å². The Labute approximate surface area is 151 Å². The van der Waals surface area contributed by atoms with E-state index in [1.54, 1.807) is 30.5 Å². The molecule has 0 saturated carbocycles. The number of hydrogen-bond donors (Lipinski definition) is 2. The molecule has 0 aliphatic carbocycles. The maximum Gasteiger partial charge on any atom is 0.305 e. The van der Waals surface area contributed by atoms with Gasteiger partial charge in [-0.3, -0.25) is 9.59 Å². The molecule has 2 aromatic rings. The number of amides is 1. The SMILES string of the molecule is COc1cc2c(cc1OC)C(CC(=O)O)N(C(=O)c1c[nH]cc1C)CC2. The standard InChI is InChI=1S/C19H22N2O5/c1-11-9-20-10-14(11)19(24)21-5-4-12-6-16(25-2)17(26-3)7-13(12)15(21)8-18(22)23/h6-7,9-10,15,20H,4-5,8H2,1-3H3,(H,22,23). The highest BCUT2D eigenvalue weighted by atomic mass is 16.5. The Morgan fingerprint density at radius 2 is 1.92 bits per heavy atom. The van der Waals surface area contributed by atoms with Crippen LogP contribution in [0.5, 0.6) is 11.5 Å². The molecule has 0 radical (unpaired) electrons. The first-order chi connectivity index (χ1) is 12.5. The van der Waals surface area contributed by atoms with E-state index in [9.17, 15) is 14.7 Å². The first-order valence-corrected chi connectivity index (χ1v) is 8.37. The minimum atomic E-state index is -0.957. The highest BCUT2D eigenvalue weighted by Gasteiger charge is 2.34. The molecule has 1 aliphatic heterocycles. The Balaban J connectivity index is 2.05. The number of ether oxygens (including phenoxy) is 2. The Kier molecular flexibility index (Phi) is 4.88. The van der Waals surface area contributed by atoms with Crippen LogP contribution in [-0.2, 0) is 11.2 Å². The Morgan fingerprint density at radius 3 is 2.50 bits per heavy atom. The van der Waals surface area contributed by atoms with Crippen LogP contribution in [-0.4, -0.2) is 47.6 Å². The van der Waals surface area contributed by atoms with Gasteiger partial charge in [0.2, 0.25) is 0 Å². The lowest BCUT2D eigenvalue weighted by atomic mass is 9.89. The fourth-order valence-corrected chi connectivity index (χ4v) is 3.48. The summed E-state index contributed by atoms with van der Waals surface area (Å²) in [5.41, 5.74) is 3.16. The van der Waals surface area contributed by atoms with Crippen LogP contribution in [0.4, 0.5) is 0 Å². The smallest absolute Gasteiger partial charge is 0.305 e.